The van der Waals surface area contributed by atoms with Crippen LogP contribution in [0, 0.1) is 0 Å². The Morgan fingerprint density at radius 3 is 2.18 bits per heavy atom. The Kier molecular flexibility index (Phi) is 7.04. The highest BCUT2D eigenvalue weighted by Gasteiger charge is 2.19. The minimum atomic E-state index is -0.224. The van der Waals surface area contributed by atoms with Gasteiger partial charge in [0.1, 0.15) is 5.76 Å². The summed E-state index contributed by atoms with van der Waals surface area (Å²) >= 11 is 0. The van der Waals surface area contributed by atoms with Gasteiger partial charge in [-0.25, -0.2) is 0 Å². The van der Waals surface area contributed by atoms with Gasteiger partial charge in [0.15, 0.2) is 0 Å². The van der Waals surface area contributed by atoms with Crippen LogP contribution in [0.3, 0.4) is 0 Å². The van der Waals surface area contributed by atoms with Gasteiger partial charge in [-0.15, -0.1) is 0 Å². The van der Waals surface area contributed by atoms with Gasteiger partial charge in [-0.05, 0) is 73.5 Å². The summed E-state index contributed by atoms with van der Waals surface area (Å²) in [6.45, 7) is 2.01. The second-order valence-electron chi connectivity index (χ2n) is 7.82. The van der Waals surface area contributed by atoms with Crippen molar-refractivity contribution in [3.05, 3.63) is 83.8 Å². The predicted octanol–water partition coefficient (Wildman–Crippen LogP) is 3.50. The van der Waals surface area contributed by atoms with E-state index in [1.54, 1.807) is 66.9 Å². The Balaban J connectivity index is 1.22. The van der Waals surface area contributed by atoms with Crippen molar-refractivity contribution >= 4 is 29.1 Å². The van der Waals surface area contributed by atoms with Crippen LogP contribution in [0.5, 0.6) is 0 Å². The molecule has 1 saturated heterocycles. The van der Waals surface area contributed by atoms with Crippen LogP contribution in [-0.2, 0) is 11.3 Å². The van der Waals surface area contributed by atoms with Crippen molar-refractivity contribution in [3.63, 3.8) is 0 Å². The lowest BCUT2D eigenvalue weighted by Crippen LogP contribution is -2.27. The van der Waals surface area contributed by atoms with Crippen molar-refractivity contribution in [2.24, 2.45) is 0 Å². The quantitative estimate of drug-likeness (QED) is 0.491. The van der Waals surface area contributed by atoms with Gasteiger partial charge < -0.3 is 25.3 Å². The van der Waals surface area contributed by atoms with E-state index in [9.17, 15) is 14.4 Å². The van der Waals surface area contributed by atoms with Crippen LogP contribution < -0.4 is 16.0 Å². The molecule has 3 aromatic rings. The third kappa shape index (κ3) is 6.00. The van der Waals surface area contributed by atoms with Gasteiger partial charge in [0.25, 0.3) is 11.8 Å². The summed E-state index contributed by atoms with van der Waals surface area (Å²) in [5.74, 6) is 0.280. The molecule has 1 aliphatic heterocycles. The van der Waals surface area contributed by atoms with E-state index in [1.165, 1.54) is 0 Å². The fourth-order valence-corrected chi connectivity index (χ4v) is 3.61. The standard InChI is InChI=1S/C25H26N4O4/c30-23(17-26-20-9-7-19(8-10-20)25(32)29-13-1-2-14-29)28-21-11-5-18(6-12-21)24(31)27-16-22-4-3-15-33-22/h3-12,15,26H,1-2,13-14,16-17H2,(H,27,31)(H,28,30). The van der Waals surface area contributed by atoms with Gasteiger partial charge in [0.05, 0.1) is 19.4 Å². The second kappa shape index (κ2) is 10.5. The Morgan fingerprint density at radius 1 is 0.848 bits per heavy atom. The first-order chi connectivity index (χ1) is 16.1. The van der Waals surface area contributed by atoms with Gasteiger partial charge >= 0.3 is 0 Å². The number of anilines is 2. The molecule has 0 aliphatic carbocycles. The van der Waals surface area contributed by atoms with Crippen LogP contribution in [0.4, 0.5) is 11.4 Å². The van der Waals surface area contributed by atoms with Crippen LogP contribution in [0.1, 0.15) is 39.3 Å². The van der Waals surface area contributed by atoms with Crippen molar-refractivity contribution in [1.82, 2.24) is 10.2 Å². The monoisotopic (exact) mass is 446 g/mol. The van der Waals surface area contributed by atoms with Crippen molar-refractivity contribution in [2.45, 2.75) is 19.4 Å². The number of hydrogen-bond acceptors (Lipinski definition) is 5. The number of hydrogen-bond donors (Lipinski definition) is 3. The van der Waals surface area contributed by atoms with E-state index in [-0.39, 0.29) is 24.3 Å². The lowest BCUT2D eigenvalue weighted by atomic mass is 10.2. The average molecular weight is 447 g/mol. The van der Waals surface area contributed by atoms with Crippen LogP contribution in [-0.4, -0.2) is 42.3 Å². The van der Waals surface area contributed by atoms with E-state index in [0.29, 0.717) is 29.1 Å². The topological polar surface area (TPSA) is 104 Å². The predicted molar refractivity (Wildman–Crippen MR) is 125 cm³/mol. The molecule has 8 heteroatoms. The normalized spacial score (nSPS) is 12.9. The number of likely N-dealkylation sites (tertiary alicyclic amines) is 1. The van der Waals surface area contributed by atoms with Gasteiger partial charge in [0, 0.05) is 35.6 Å². The minimum absolute atomic E-state index is 0.0508. The van der Waals surface area contributed by atoms with Crippen molar-refractivity contribution in [2.75, 3.05) is 30.3 Å². The summed E-state index contributed by atoms with van der Waals surface area (Å²) in [4.78, 5) is 38.7. The third-order valence-electron chi connectivity index (χ3n) is 5.41. The van der Waals surface area contributed by atoms with Gasteiger partial charge in [-0.2, -0.15) is 0 Å². The lowest BCUT2D eigenvalue weighted by Gasteiger charge is -2.15. The molecule has 0 radical (unpaired) electrons. The number of furan rings is 1. The van der Waals surface area contributed by atoms with Crippen molar-refractivity contribution < 1.29 is 18.8 Å². The lowest BCUT2D eigenvalue weighted by molar-refractivity contribution is -0.114. The smallest absolute Gasteiger partial charge is 0.253 e. The minimum Gasteiger partial charge on any atom is -0.467 e. The molecule has 0 spiro atoms. The highest BCUT2D eigenvalue weighted by Crippen LogP contribution is 2.16. The van der Waals surface area contributed by atoms with E-state index in [1.807, 2.05) is 4.90 Å². The summed E-state index contributed by atoms with van der Waals surface area (Å²) in [6, 6.07) is 17.4. The molecule has 0 unspecified atom stereocenters. The molecule has 1 aromatic heterocycles. The molecule has 170 valence electrons. The van der Waals surface area contributed by atoms with E-state index >= 15 is 0 Å². The average Bonchev–Trinajstić information content (AvgIpc) is 3.56. The maximum atomic E-state index is 12.4. The molecule has 0 bridgehead atoms. The van der Waals surface area contributed by atoms with Crippen LogP contribution in [0.15, 0.2) is 71.3 Å². The number of carbonyl (C=O) groups is 3. The number of nitrogens with zero attached hydrogens (tertiary/aromatic N) is 1. The number of benzene rings is 2. The molecule has 2 aromatic carbocycles. The molecular weight excluding hydrogens is 420 g/mol. The second-order valence-corrected chi connectivity index (χ2v) is 7.82. The number of rotatable bonds is 8. The fraction of sp³-hybridized carbons (Fsp3) is 0.240. The highest BCUT2D eigenvalue weighted by atomic mass is 16.3. The number of nitrogens with one attached hydrogen (secondary N) is 3. The number of amides is 3. The first kappa shape index (κ1) is 22.1. The van der Waals surface area contributed by atoms with E-state index in [2.05, 4.69) is 16.0 Å². The zero-order valence-corrected chi connectivity index (χ0v) is 18.2. The summed E-state index contributed by atoms with van der Waals surface area (Å²) in [5.41, 5.74) is 2.49. The molecule has 1 fully saturated rings. The first-order valence-electron chi connectivity index (χ1n) is 10.9. The first-order valence-corrected chi connectivity index (χ1v) is 10.9. The van der Waals surface area contributed by atoms with Crippen LogP contribution in [0.25, 0.3) is 0 Å². The molecule has 33 heavy (non-hydrogen) atoms. The summed E-state index contributed by atoms with van der Waals surface area (Å²) < 4.78 is 5.19. The molecule has 4 rings (SSSR count). The van der Waals surface area contributed by atoms with E-state index in [4.69, 9.17) is 4.42 Å². The highest BCUT2D eigenvalue weighted by molar-refractivity contribution is 5.97. The molecule has 3 N–H and O–H groups in total. The Morgan fingerprint density at radius 2 is 1.52 bits per heavy atom. The Labute approximate surface area is 192 Å². The van der Waals surface area contributed by atoms with Crippen LogP contribution >= 0.6 is 0 Å². The summed E-state index contributed by atoms with van der Waals surface area (Å²) in [7, 11) is 0. The molecule has 2 heterocycles. The summed E-state index contributed by atoms with van der Waals surface area (Å²) in [6.07, 6.45) is 3.67. The third-order valence-corrected chi connectivity index (χ3v) is 5.41. The number of carbonyl (C=O) groups excluding carboxylic acids is 3. The summed E-state index contributed by atoms with van der Waals surface area (Å²) in [5, 5.41) is 8.61. The SMILES string of the molecule is O=C(CNc1ccc(C(=O)N2CCCC2)cc1)Nc1ccc(C(=O)NCc2ccco2)cc1. The van der Waals surface area contributed by atoms with Crippen molar-refractivity contribution in [3.8, 4) is 0 Å². The maximum Gasteiger partial charge on any atom is 0.253 e. The van der Waals surface area contributed by atoms with Crippen molar-refractivity contribution in [1.29, 1.82) is 0 Å². The van der Waals surface area contributed by atoms with E-state index in [0.717, 1.165) is 31.6 Å². The zero-order valence-electron chi connectivity index (χ0n) is 18.2. The molecule has 8 nitrogen and oxygen atoms in total. The van der Waals surface area contributed by atoms with Gasteiger partial charge in [0.2, 0.25) is 5.91 Å². The van der Waals surface area contributed by atoms with Gasteiger partial charge in [-0.3, -0.25) is 14.4 Å². The molecule has 1 aliphatic rings. The Bertz CT molecular complexity index is 1090. The zero-order chi connectivity index (χ0) is 23.0. The molecule has 3 amide bonds. The molecule has 0 saturated carbocycles. The molecule has 0 atom stereocenters. The Hall–Kier alpha value is -4.07. The van der Waals surface area contributed by atoms with Gasteiger partial charge in [-0.1, -0.05) is 0 Å². The molecular formula is C25H26N4O4. The van der Waals surface area contributed by atoms with Crippen LogP contribution in [0.2, 0.25) is 0 Å². The maximum absolute atomic E-state index is 12.4. The van der Waals surface area contributed by atoms with E-state index < -0.39 is 0 Å². The largest absolute Gasteiger partial charge is 0.467 e. The fourth-order valence-electron chi connectivity index (χ4n) is 3.61.